The number of aryl methyl sites for hydroxylation is 1. The SMILES string of the molecule is CCn1c(SCC(=O)NC2(C#N)CCCC2)nc2cc(S(=O)(=O)N3CCOCC3)ccc21. The third-order valence-corrected chi connectivity index (χ3v) is 8.86. The molecule has 1 saturated heterocycles. The van der Waals surface area contributed by atoms with Crippen LogP contribution in [0.4, 0.5) is 0 Å². The molecule has 1 amide bonds. The van der Waals surface area contributed by atoms with Crippen LogP contribution in [0.2, 0.25) is 0 Å². The molecule has 1 aliphatic carbocycles. The van der Waals surface area contributed by atoms with E-state index in [-0.39, 0.29) is 16.6 Å². The molecule has 1 aliphatic heterocycles. The maximum absolute atomic E-state index is 13.0. The lowest BCUT2D eigenvalue weighted by Gasteiger charge is -2.26. The third kappa shape index (κ3) is 4.50. The highest BCUT2D eigenvalue weighted by Gasteiger charge is 2.35. The molecule has 2 fully saturated rings. The van der Waals surface area contributed by atoms with Gasteiger partial charge in [0.2, 0.25) is 15.9 Å². The Morgan fingerprint density at radius 2 is 2.03 bits per heavy atom. The summed E-state index contributed by atoms with van der Waals surface area (Å²) in [5.74, 6) is -0.0464. The van der Waals surface area contributed by atoms with Gasteiger partial charge in [-0.2, -0.15) is 9.57 Å². The fraction of sp³-hybridized carbons (Fsp3) is 0.571. The summed E-state index contributed by atoms with van der Waals surface area (Å²) in [5.41, 5.74) is 0.652. The molecule has 0 radical (unpaired) electrons. The number of benzene rings is 1. The van der Waals surface area contributed by atoms with Gasteiger partial charge in [-0.3, -0.25) is 4.79 Å². The number of hydrogen-bond acceptors (Lipinski definition) is 7. The van der Waals surface area contributed by atoms with E-state index in [9.17, 15) is 18.5 Å². The van der Waals surface area contributed by atoms with Gasteiger partial charge in [-0.05, 0) is 50.8 Å². The van der Waals surface area contributed by atoms with E-state index >= 15 is 0 Å². The summed E-state index contributed by atoms with van der Waals surface area (Å²) in [6, 6.07) is 7.24. The first kappa shape index (κ1) is 23.0. The molecular formula is C21H27N5O4S2. The average Bonchev–Trinajstić information content (AvgIpc) is 3.42. The number of hydrogen-bond donors (Lipinski definition) is 1. The summed E-state index contributed by atoms with van der Waals surface area (Å²) in [4.78, 5) is 17.3. The first-order valence-electron chi connectivity index (χ1n) is 10.8. The number of nitrogens with one attached hydrogen (secondary N) is 1. The van der Waals surface area contributed by atoms with E-state index in [1.807, 2.05) is 11.5 Å². The van der Waals surface area contributed by atoms with Crippen molar-refractivity contribution in [2.45, 2.75) is 54.7 Å². The van der Waals surface area contributed by atoms with E-state index in [0.29, 0.717) is 56.4 Å². The molecule has 32 heavy (non-hydrogen) atoms. The average molecular weight is 478 g/mol. The Bertz CT molecular complexity index is 1140. The molecule has 2 heterocycles. The number of carbonyl (C=O) groups excluding carboxylic acids is 1. The summed E-state index contributed by atoms with van der Waals surface area (Å²) < 4.78 is 34.6. The quantitative estimate of drug-likeness (QED) is 0.607. The van der Waals surface area contributed by atoms with E-state index in [1.54, 1.807) is 18.2 Å². The van der Waals surface area contributed by atoms with Crippen LogP contribution in [0.15, 0.2) is 28.3 Å². The van der Waals surface area contributed by atoms with Crippen LogP contribution >= 0.6 is 11.8 Å². The van der Waals surface area contributed by atoms with E-state index < -0.39 is 15.6 Å². The van der Waals surface area contributed by atoms with Crippen molar-refractivity contribution in [3.05, 3.63) is 18.2 Å². The van der Waals surface area contributed by atoms with Crippen molar-refractivity contribution in [2.75, 3.05) is 32.1 Å². The molecule has 0 bridgehead atoms. The number of rotatable bonds is 7. The van der Waals surface area contributed by atoms with Crippen molar-refractivity contribution in [3.8, 4) is 6.07 Å². The Labute approximate surface area is 192 Å². The summed E-state index contributed by atoms with van der Waals surface area (Å²) in [7, 11) is -3.61. The Morgan fingerprint density at radius 3 is 2.69 bits per heavy atom. The monoisotopic (exact) mass is 477 g/mol. The molecule has 2 aromatic rings. The molecule has 11 heteroatoms. The number of nitriles is 1. The second kappa shape index (κ2) is 9.39. The third-order valence-electron chi connectivity index (χ3n) is 5.99. The Morgan fingerprint density at radius 1 is 1.31 bits per heavy atom. The van der Waals surface area contributed by atoms with Crippen LogP contribution in [0, 0.1) is 11.3 Å². The van der Waals surface area contributed by atoms with E-state index in [0.717, 1.165) is 18.4 Å². The second-order valence-corrected chi connectivity index (χ2v) is 10.9. The number of carbonyl (C=O) groups is 1. The number of fused-ring (bicyclic) bond motifs is 1. The molecule has 1 aromatic heterocycles. The van der Waals surface area contributed by atoms with Crippen molar-refractivity contribution in [2.24, 2.45) is 0 Å². The van der Waals surface area contributed by atoms with Crippen LogP contribution in [-0.2, 0) is 26.1 Å². The first-order valence-corrected chi connectivity index (χ1v) is 13.2. The van der Waals surface area contributed by atoms with Gasteiger partial charge in [-0.25, -0.2) is 13.4 Å². The standard InChI is InChI=1S/C21H27N5O4S2/c1-2-26-18-6-5-16(32(28,29)25-9-11-30-12-10-25)13-17(18)23-20(26)31-14-19(27)24-21(15-22)7-3-4-8-21/h5-6,13H,2-4,7-12,14H2,1H3,(H,24,27). The number of aromatic nitrogens is 2. The smallest absolute Gasteiger partial charge is 0.243 e. The summed E-state index contributed by atoms with van der Waals surface area (Å²) in [6.45, 7) is 4.07. The van der Waals surface area contributed by atoms with Gasteiger partial charge in [0.1, 0.15) is 5.54 Å². The molecule has 0 spiro atoms. The minimum atomic E-state index is -3.61. The number of morpholine rings is 1. The summed E-state index contributed by atoms with van der Waals surface area (Å²) in [5, 5.41) is 13.0. The molecule has 172 valence electrons. The van der Waals surface area contributed by atoms with Gasteiger partial charge in [0.25, 0.3) is 0 Å². The van der Waals surface area contributed by atoms with Gasteiger partial charge in [-0.1, -0.05) is 11.8 Å². The number of nitrogens with zero attached hydrogens (tertiary/aromatic N) is 4. The van der Waals surface area contributed by atoms with Crippen molar-refractivity contribution < 1.29 is 17.9 Å². The van der Waals surface area contributed by atoms with Crippen LogP contribution in [-0.4, -0.2) is 65.8 Å². The normalized spacial score (nSPS) is 19.1. The van der Waals surface area contributed by atoms with Crippen molar-refractivity contribution in [3.63, 3.8) is 0 Å². The van der Waals surface area contributed by atoms with Gasteiger partial charge in [0.05, 0.1) is 41.0 Å². The number of sulfonamides is 1. The van der Waals surface area contributed by atoms with Gasteiger partial charge in [0.15, 0.2) is 5.16 Å². The molecule has 0 atom stereocenters. The lowest BCUT2D eigenvalue weighted by molar-refractivity contribution is -0.119. The maximum atomic E-state index is 13.0. The van der Waals surface area contributed by atoms with Crippen LogP contribution < -0.4 is 5.32 Å². The van der Waals surface area contributed by atoms with E-state index in [4.69, 9.17) is 4.74 Å². The topological polar surface area (TPSA) is 117 Å². The fourth-order valence-electron chi connectivity index (χ4n) is 4.28. The molecule has 9 nitrogen and oxygen atoms in total. The van der Waals surface area contributed by atoms with Crippen molar-refractivity contribution in [1.82, 2.24) is 19.2 Å². The largest absolute Gasteiger partial charge is 0.379 e. The Balaban J connectivity index is 1.52. The second-order valence-electron chi connectivity index (χ2n) is 8.04. The lowest BCUT2D eigenvalue weighted by atomic mass is 10.0. The zero-order chi connectivity index (χ0) is 22.8. The highest BCUT2D eigenvalue weighted by Crippen LogP contribution is 2.30. The number of ether oxygens (including phenoxy) is 1. The number of amides is 1. The van der Waals surface area contributed by atoms with Crippen LogP contribution in [0.5, 0.6) is 0 Å². The van der Waals surface area contributed by atoms with Gasteiger partial charge in [0, 0.05) is 19.6 Å². The zero-order valence-electron chi connectivity index (χ0n) is 18.0. The number of imidazole rings is 1. The molecule has 1 N–H and O–H groups in total. The van der Waals surface area contributed by atoms with Gasteiger partial charge in [-0.15, -0.1) is 0 Å². The van der Waals surface area contributed by atoms with Gasteiger partial charge >= 0.3 is 0 Å². The van der Waals surface area contributed by atoms with E-state index in [1.165, 1.54) is 16.1 Å². The lowest BCUT2D eigenvalue weighted by Crippen LogP contribution is -2.45. The molecule has 0 unspecified atom stereocenters. The predicted molar refractivity (Wildman–Crippen MR) is 121 cm³/mol. The molecule has 4 rings (SSSR count). The van der Waals surface area contributed by atoms with Gasteiger partial charge < -0.3 is 14.6 Å². The van der Waals surface area contributed by atoms with Crippen LogP contribution in [0.3, 0.4) is 0 Å². The minimum absolute atomic E-state index is 0.145. The molecular weight excluding hydrogens is 450 g/mol. The summed E-state index contributed by atoms with van der Waals surface area (Å²) >= 11 is 1.29. The Hall–Kier alpha value is -2.13. The first-order chi connectivity index (χ1) is 15.4. The van der Waals surface area contributed by atoms with Crippen molar-refractivity contribution >= 4 is 38.7 Å². The maximum Gasteiger partial charge on any atom is 0.243 e. The molecule has 2 aliphatic rings. The highest BCUT2D eigenvalue weighted by atomic mass is 32.2. The molecule has 1 saturated carbocycles. The molecule has 1 aromatic carbocycles. The highest BCUT2D eigenvalue weighted by molar-refractivity contribution is 7.99. The predicted octanol–water partition coefficient (Wildman–Crippen LogP) is 2.12. The zero-order valence-corrected chi connectivity index (χ0v) is 19.7. The van der Waals surface area contributed by atoms with Crippen LogP contribution in [0.1, 0.15) is 32.6 Å². The van der Waals surface area contributed by atoms with E-state index in [2.05, 4.69) is 16.4 Å². The Kier molecular flexibility index (Phi) is 6.76. The summed E-state index contributed by atoms with van der Waals surface area (Å²) in [6.07, 6.45) is 3.27. The van der Waals surface area contributed by atoms with Crippen molar-refractivity contribution in [1.29, 1.82) is 5.26 Å². The van der Waals surface area contributed by atoms with Crippen LogP contribution in [0.25, 0.3) is 11.0 Å². The number of thioether (sulfide) groups is 1. The minimum Gasteiger partial charge on any atom is -0.379 e. The fourth-order valence-corrected chi connectivity index (χ4v) is 6.58.